The van der Waals surface area contributed by atoms with Gasteiger partial charge in [-0.15, -0.1) is 0 Å². The zero-order valence-corrected chi connectivity index (χ0v) is 10.5. The van der Waals surface area contributed by atoms with E-state index in [0.717, 1.165) is 33.4 Å². The molecule has 0 aliphatic carbocycles. The quantitative estimate of drug-likeness (QED) is 0.653. The maximum Gasteiger partial charge on any atom is 0.397 e. The third-order valence-electron chi connectivity index (χ3n) is 1.45. The standard InChI is InChI=1S/C5H11NO.C2H3N.CH4O4S/c1-6-2-4-7-5-3-6;1-2-3;1-5-6(2,3)4/h2-5H2,1H3;1H3;1H3,(H,2,3,4). The predicted molar refractivity (Wildman–Crippen MR) is 58.2 cm³/mol. The Hall–Kier alpha value is -0.720. The molecule has 1 aliphatic rings. The Bertz CT molecular complexity index is 279. The maximum atomic E-state index is 9.33. The molecule has 0 radical (unpaired) electrons. The van der Waals surface area contributed by atoms with Gasteiger partial charge in [-0.1, -0.05) is 0 Å². The zero-order valence-electron chi connectivity index (χ0n) is 9.71. The van der Waals surface area contributed by atoms with Gasteiger partial charge in [0.25, 0.3) is 0 Å². The molecule has 0 bridgehead atoms. The van der Waals surface area contributed by atoms with Crippen LogP contribution in [-0.2, 0) is 19.3 Å². The van der Waals surface area contributed by atoms with Crippen molar-refractivity contribution in [1.82, 2.24) is 4.90 Å². The van der Waals surface area contributed by atoms with Crippen LogP contribution in [0.15, 0.2) is 0 Å². The third kappa shape index (κ3) is 18.9. The smallest absolute Gasteiger partial charge is 0.379 e. The van der Waals surface area contributed by atoms with Crippen LogP contribution in [0.5, 0.6) is 0 Å². The van der Waals surface area contributed by atoms with E-state index in [0.29, 0.717) is 0 Å². The first kappa shape index (κ1) is 17.7. The predicted octanol–water partition coefficient (Wildman–Crippen LogP) is -0.0861. The van der Waals surface area contributed by atoms with E-state index in [9.17, 15) is 8.42 Å². The van der Waals surface area contributed by atoms with Crippen LogP contribution in [0.2, 0.25) is 0 Å². The Morgan fingerprint density at radius 1 is 1.44 bits per heavy atom. The van der Waals surface area contributed by atoms with Crippen molar-refractivity contribution in [3.8, 4) is 6.07 Å². The molecular formula is C8H18N2O5S. The van der Waals surface area contributed by atoms with Gasteiger partial charge in [0.2, 0.25) is 0 Å². The lowest BCUT2D eigenvalue weighted by Gasteiger charge is -2.21. The van der Waals surface area contributed by atoms with Crippen molar-refractivity contribution in [2.24, 2.45) is 0 Å². The van der Waals surface area contributed by atoms with Gasteiger partial charge in [-0.2, -0.15) is 13.7 Å². The first-order valence-electron chi connectivity index (χ1n) is 4.47. The fraction of sp³-hybridized carbons (Fsp3) is 0.875. The number of nitriles is 1. The van der Waals surface area contributed by atoms with Crippen LogP contribution in [0.3, 0.4) is 0 Å². The molecule has 0 spiro atoms. The van der Waals surface area contributed by atoms with E-state index in [-0.39, 0.29) is 0 Å². The van der Waals surface area contributed by atoms with Gasteiger partial charge in [-0.3, -0.25) is 8.74 Å². The Balaban J connectivity index is 0. The number of morpholine rings is 1. The summed E-state index contributed by atoms with van der Waals surface area (Å²) in [5.74, 6) is 0. The molecule has 0 unspecified atom stereocenters. The van der Waals surface area contributed by atoms with Crippen molar-refractivity contribution in [3.05, 3.63) is 0 Å². The van der Waals surface area contributed by atoms with Crippen LogP contribution < -0.4 is 0 Å². The molecule has 1 rings (SSSR count). The van der Waals surface area contributed by atoms with E-state index in [1.54, 1.807) is 6.07 Å². The lowest BCUT2D eigenvalue weighted by atomic mass is 10.5. The third-order valence-corrected chi connectivity index (χ3v) is 1.87. The molecule has 16 heavy (non-hydrogen) atoms. The van der Waals surface area contributed by atoms with Crippen LogP contribution in [0.25, 0.3) is 0 Å². The minimum Gasteiger partial charge on any atom is -0.379 e. The summed E-state index contributed by atoms with van der Waals surface area (Å²) in [5.41, 5.74) is 0. The lowest BCUT2D eigenvalue weighted by molar-refractivity contribution is 0.0503. The van der Waals surface area contributed by atoms with Gasteiger partial charge in [-0.05, 0) is 7.05 Å². The lowest BCUT2D eigenvalue weighted by Crippen LogP contribution is -2.32. The zero-order chi connectivity index (χ0) is 13.0. The minimum atomic E-state index is -4.16. The first-order chi connectivity index (χ1) is 7.37. The first-order valence-corrected chi connectivity index (χ1v) is 5.84. The maximum absolute atomic E-state index is 9.33. The number of likely N-dealkylation sites (N-methyl/N-ethyl adjacent to an activating group) is 1. The van der Waals surface area contributed by atoms with Crippen LogP contribution in [0.1, 0.15) is 6.92 Å². The van der Waals surface area contributed by atoms with Crippen LogP contribution in [0, 0.1) is 11.3 Å². The van der Waals surface area contributed by atoms with Crippen LogP contribution in [0.4, 0.5) is 0 Å². The monoisotopic (exact) mass is 254 g/mol. The van der Waals surface area contributed by atoms with Gasteiger partial charge in [0.15, 0.2) is 0 Å². The largest absolute Gasteiger partial charge is 0.397 e. The van der Waals surface area contributed by atoms with Crippen LogP contribution >= 0.6 is 0 Å². The van der Waals surface area contributed by atoms with E-state index < -0.39 is 10.4 Å². The Labute approximate surface area is 96.5 Å². The van der Waals surface area contributed by atoms with Crippen molar-refractivity contribution in [2.75, 3.05) is 40.5 Å². The molecular weight excluding hydrogens is 236 g/mol. The molecule has 1 fully saturated rings. The van der Waals surface area contributed by atoms with Gasteiger partial charge < -0.3 is 9.64 Å². The van der Waals surface area contributed by atoms with Crippen LogP contribution in [-0.4, -0.2) is 58.3 Å². The second-order valence-electron chi connectivity index (χ2n) is 2.73. The minimum absolute atomic E-state index is 0.870. The molecule has 1 aliphatic heterocycles. The van der Waals surface area contributed by atoms with Gasteiger partial charge in [0.05, 0.1) is 26.4 Å². The summed E-state index contributed by atoms with van der Waals surface area (Å²) < 4.78 is 34.8. The van der Waals surface area contributed by atoms with E-state index >= 15 is 0 Å². The SMILES string of the molecule is CC#N.CN1CCOCC1.COS(=O)(=O)O. The van der Waals surface area contributed by atoms with Gasteiger partial charge in [0.1, 0.15) is 0 Å². The topological polar surface area (TPSA) is 99.9 Å². The summed E-state index contributed by atoms with van der Waals surface area (Å²) >= 11 is 0. The highest BCUT2D eigenvalue weighted by Crippen LogP contribution is 1.89. The Morgan fingerprint density at radius 3 is 1.88 bits per heavy atom. The van der Waals surface area contributed by atoms with Gasteiger partial charge >= 0.3 is 10.4 Å². The van der Waals surface area contributed by atoms with Crippen molar-refractivity contribution >= 4 is 10.4 Å². The molecule has 1 N–H and O–H groups in total. The summed E-state index contributed by atoms with van der Waals surface area (Å²) in [4.78, 5) is 2.27. The Morgan fingerprint density at radius 2 is 1.75 bits per heavy atom. The molecule has 8 heteroatoms. The Kier molecular flexibility index (Phi) is 11.9. The molecule has 0 aromatic carbocycles. The highest BCUT2D eigenvalue weighted by molar-refractivity contribution is 7.80. The second kappa shape index (κ2) is 10.8. The van der Waals surface area contributed by atoms with Crippen molar-refractivity contribution < 1.29 is 21.9 Å². The number of hydrogen-bond donors (Lipinski definition) is 1. The molecule has 0 amide bonds. The van der Waals surface area contributed by atoms with Crippen molar-refractivity contribution in [3.63, 3.8) is 0 Å². The average Bonchev–Trinajstić information content (AvgIpc) is 2.20. The van der Waals surface area contributed by atoms with E-state index in [2.05, 4.69) is 16.1 Å². The van der Waals surface area contributed by atoms with Gasteiger partial charge in [-0.25, -0.2) is 0 Å². The number of nitrogens with zero attached hydrogens (tertiary/aromatic N) is 2. The molecule has 0 atom stereocenters. The molecule has 0 aromatic rings. The number of hydrogen-bond acceptors (Lipinski definition) is 6. The molecule has 1 heterocycles. The van der Waals surface area contributed by atoms with E-state index in [1.807, 2.05) is 0 Å². The number of ether oxygens (including phenoxy) is 1. The second-order valence-corrected chi connectivity index (χ2v) is 3.92. The van der Waals surface area contributed by atoms with Crippen molar-refractivity contribution in [1.29, 1.82) is 5.26 Å². The fourth-order valence-corrected chi connectivity index (χ4v) is 0.655. The summed E-state index contributed by atoms with van der Waals surface area (Å²) in [6.45, 7) is 5.45. The van der Waals surface area contributed by atoms with E-state index in [1.165, 1.54) is 6.92 Å². The number of rotatable bonds is 1. The molecule has 7 nitrogen and oxygen atoms in total. The van der Waals surface area contributed by atoms with Gasteiger partial charge in [0, 0.05) is 20.0 Å². The molecule has 0 aromatic heterocycles. The normalized spacial score (nSPS) is 15.9. The molecule has 0 saturated carbocycles. The molecule has 1 saturated heterocycles. The fourth-order valence-electron chi connectivity index (χ4n) is 0.655. The average molecular weight is 254 g/mol. The van der Waals surface area contributed by atoms with E-state index in [4.69, 9.17) is 14.6 Å². The summed E-state index contributed by atoms with van der Waals surface area (Å²) in [6, 6.07) is 1.75. The summed E-state index contributed by atoms with van der Waals surface area (Å²) in [7, 11) is -1.18. The summed E-state index contributed by atoms with van der Waals surface area (Å²) in [5, 5.41) is 7.32. The highest BCUT2D eigenvalue weighted by Gasteiger charge is 2.02. The highest BCUT2D eigenvalue weighted by atomic mass is 32.3. The summed E-state index contributed by atoms with van der Waals surface area (Å²) in [6.07, 6.45) is 0. The van der Waals surface area contributed by atoms with Crippen molar-refractivity contribution in [2.45, 2.75) is 6.92 Å². The molecule has 96 valence electrons.